The lowest BCUT2D eigenvalue weighted by atomic mass is 10.0. The number of nitrogens with zero attached hydrogens (tertiary/aromatic N) is 1. The van der Waals surface area contributed by atoms with Crippen molar-refractivity contribution in [1.82, 2.24) is 0 Å². The highest BCUT2D eigenvalue weighted by Gasteiger charge is 2.29. The summed E-state index contributed by atoms with van der Waals surface area (Å²) in [5, 5.41) is 6.83. The molecule has 0 aromatic heterocycles. The Morgan fingerprint density at radius 1 is 1.17 bits per heavy atom. The number of amides is 1. The molecule has 1 heterocycles. The molecule has 1 atom stereocenters. The summed E-state index contributed by atoms with van der Waals surface area (Å²) in [6, 6.07) is 14.8. The predicted octanol–water partition coefficient (Wildman–Crippen LogP) is 2.84. The summed E-state index contributed by atoms with van der Waals surface area (Å²) in [5.74, 6) is 0.891. The van der Waals surface area contributed by atoms with Crippen LogP contribution in [-0.2, 0) is 9.63 Å². The van der Waals surface area contributed by atoms with Gasteiger partial charge in [-0.25, -0.2) is 0 Å². The van der Waals surface area contributed by atoms with Crippen LogP contribution >= 0.6 is 0 Å². The number of hydrogen-bond donors (Lipinski definition) is 1. The lowest BCUT2D eigenvalue weighted by molar-refractivity contribution is -0.125. The van der Waals surface area contributed by atoms with Crippen molar-refractivity contribution in [2.24, 2.45) is 5.16 Å². The van der Waals surface area contributed by atoms with E-state index in [1.54, 1.807) is 32.4 Å². The van der Waals surface area contributed by atoms with E-state index in [-0.39, 0.29) is 5.91 Å². The summed E-state index contributed by atoms with van der Waals surface area (Å²) in [7, 11) is 3.10. The molecule has 0 saturated heterocycles. The molecule has 124 valence electrons. The van der Waals surface area contributed by atoms with Crippen LogP contribution in [0.5, 0.6) is 11.5 Å². The van der Waals surface area contributed by atoms with Crippen molar-refractivity contribution in [2.75, 3.05) is 19.5 Å². The first-order valence-corrected chi connectivity index (χ1v) is 7.52. The zero-order valence-electron chi connectivity index (χ0n) is 13.5. The van der Waals surface area contributed by atoms with E-state index < -0.39 is 6.10 Å². The molecule has 1 amide bonds. The fourth-order valence-electron chi connectivity index (χ4n) is 2.44. The molecule has 2 aromatic carbocycles. The molecule has 6 heteroatoms. The second kappa shape index (κ2) is 7.04. The van der Waals surface area contributed by atoms with Gasteiger partial charge in [0, 0.05) is 12.5 Å². The Hall–Kier alpha value is -3.02. The molecule has 1 aliphatic heterocycles. The quantitative estimate of drug-likeness (QED) is 0.917. The van der Waals surface area contributed by atoms with Crippen LogP contribution in [0.2, 0.25) is 0 Å². The zero-order valence-corrected chi connectivity index (χ0v) is 13.5. The number of anilines is 1. The predicted molar refractivity (Wildman–Crippen MR) is 90.6 cm³/mol. The highest BCUT2D eigenvalue weighted by molar-refractivity contribution is 6.06. The number of methoxy groups -OCH3 is 2. The number of nitrogens with one attached hydrogen (secondary N) is 1. The maximum absolute atomic E-state index is 12.5. The fourth-order valence-corrected chi connectivity index (χ4v) is 2.44. The monoisotopic (exact) mass is 326 g/mol. The van der Waals surface area contributed by atoms with Crippen molar-refractivity contribution < 1.29 is 19.1 Å². The van der Waals surface area contributed by atoms with E-state index >= 15 is 0 Å². The lowest BCUT2D eigenvalue weighted by Crippen LogP contribution is -2.28. The summed E-state index contributed by atoms with van der Waals surface area (Å²) in [6.07, 6.45) is -0.251. The number of hydrogen-bond acceptors (Lipinski definition) is 5. The van der Waals surface area contributed by atoms with Crippen molar-refractivity contribution in [3.8, 4) is 11.5 Å². The number of ether oxygens (including phenoxy) is 2. The van der Waals surface area contributed by atoms with Gasteiger partial charge in [0.15, 0.2) is 0 Å². The van der Waals surface area contributed by atoms with Gasteiger partial charge >= 0.3 is 0 Å². The van der Waals surface area contributed by atoms with Crippen LogP contribution in [0.4, 0.5) is 5.69 Å². The van der Waals surface area contributed by atoms with Crippen LogP contribution in [0.1, 0.15) is 12.0 Å². The first-order valence-electron chi connectivity index (χ1n) is 7.52. The van der Waals surface area contributed by atoms with Gasteiger partial charge in [0.1, 0.15) is 11.5 Å². The van der Waals surface area contributed by atoms with Crippen LogP contribution in [0.25, 0.3) is 0 Å². The van der Waals surface area contributed by atoms with Crippen molar-refractivity contribution in [3.63, 3.8) is 0 Å². The number of oxime groups is 1. The van der Waals surface area contributed by atoms with Crippen LogP contribution in [0, 0.1) is 0 Å². The Morgan fingerprint density at radius 3 is 2.67 bits per heavy atom. The van der Waals surface area contributed by atoms with Gasteiger partial charge in [-0.15, -0.1) is 0 Å². The number of carbonyl (C=O) groups is 1. The Bertz CT molecular complexity index is 759. The normalized spacial score (nSPS) is 16.1. The first kappa shape index (κ1) is 15.9. The molecule has 6 nitrogen and oxygen atoms in total. The largest absolute Gasteiger partial charge is 0.497 e. The smallest absolute Gasteiger partial charge is 0.268 e. The summed E-state index contributed by atoms with van der Waals surface area (Å²) >= 11 is 0. The third-order valence-corrected chi connectivity index (χ3v) is 3.73. The molecule has 1 N–H and O–H groups in total. The molecular formula is C18H18N2O4. The highest BCUT2D eigenvalue weighted by atomic mass is 16.6. The molecule has 0 aliphatic carbocycles. The molecule has 0 unspecified atom stereocenters. The van der Waals surface area contributed by atoms with Crippen molar-refractivity contribution in [3.05, 3.63) is 54.1 Å². The minimum atomic E-state index is -0.670. The molecule has 0 spiro atoms. The Labute approximate surface area is 140 Å². The molecule has 0 fully saturated rings. The van der Waals surface area contributed by atoms with Gasteiger partial charge in [-0.2, -0.15) is 0 Å². The maximum Gasteiger partial charge on any atom is 0.268 e. The van der Waals surface area contributed by atoms with E-state index in [9.17, 15) is 4.79 Å². The van der Waals surface area contributed by atoms with Gasteiger partial charge < -0.3 is 19.6 Å². The van der Waals surface area contributed by atoms with Crippen molar-refractivity contribution >= 4 is 17.3 Å². The second-order valence-corrected chi connectivity index (χ2v) is 5.26. The Morgan fingerprint density at radius 2 is 1.96 bits per heavy atom. The summed E-state index contributed by atoms with van der Waals surface area (Å²) in [4.78, 5) is 17.7. The van der Waals surface area contributed by atoms with E-state index in [0.717, 1.165) is 11.3 Å². The minimum absolute atomic E-state index is 0.281. The molecule has 0 saturated carbocycles. The molecular weight excluding hydrogens is 308 g/mol. The number of carbonyl (C=O) groups excluding carboxylic acids is 1. The lowest BCUT2D eigenvalue weighted by Gasteiger charge is -2.13. The van der Waals surface area contributed by atoms with Crippen LogP contribution in [0.15, 0.2) is 53.7 Å². The third-order valence-electron chi connectivity index (χ3n) is 3.73. The average Bonchev–Trinajstić information content (AvgIpc) is 3.12. The molecule has 24 heavy (non-hydrogen) atoms. The SMILES string of the molecule is COc1ccc(OC)c(NC(=O)[C@H]2CC(c3ccccc3)=NO2)c1. The molecule has 3 rings (SSSR count). The van der Waals surface area contributed by atoms with E-state index in [2.05, 4.69) is 10.5 Å². The zero-order chi connectivity index (χ0) is 16.9. The van der Waals surface area contributed by atoms with Gasteiger partial charge in [0.25, 0.3) is 5.91 Å². The van der Waals surface area contributed by atoms with E-state index in [1.165, 1.54) is 0 Å². The van der Waals surface area contributed by atoms with Gasteiger partial charge in [-0.3, -0.25) is 4.79 Å². The molecule has 1 aliphatic rings. The second-order valence-electron chi connectivity index (χ2n) is 5.26. The summed E-state index contributed by atoms with van der Waals surface area (Å²) < 4.78 is 10.4. The van der Waals surface area contributed by atoms with Crippen LogP contribution in [-0.4, -0.2) is 31.9 Å². The van der Waals surface area contributed by atoms with E-state index in [4.69, 9.17) is 14.3 Å². The van der Waals surface area contributed by atoms with Gasteiger partial charge in [-0.05, 0) is 17.7 Å². The molecule has 2 aromatic rings. The minimum Gasteiger partial charge on any atom is -0.497 e. The highest BCUT2D eigenvalue weighted by Crippen LogP contribution is 2.29. The topological polar surface area (TPSA) is 69.2 Å². The first-order chi connectivity index (χ1) is 11.7. The van der Waals surface area contributed by atoms with Gasteiger partial charge in [0.05, 0.1) is 25.6 Å². The summed E-state index contributed by atoms with van der Waals surface area (Å²) in [5.41, 5.74) is 2.23. The fraction of sp³-hybridized carbons (Fsp3) is 0.222. The third kappa shape index (κ3) is 3.32. The van der Waals surface area contributed by atoms with Crippen molar-refractivity contribution in [1.29, 1.82) is 0 Å². The summed E-state index contributed by atoms with van der Waals surface area (Å²) in [6.45, 7) is 0. The average molecular weight is 326 g/mol. The van der Waals surface area contributed by atoms with Crippen LogP contribution < -0.4 is 14.8 Å². The van der Waals surface area contributed by atoms with E-state index in [0.29, 0.717) is 23.6 Å². The van der Waals surface area contributed by atoms with Gasteiger partial charge in [-0.1, -0.05) is 35.5 Å². The Balaban J connectivity index is 1.69. The van der Waals surface area contributed by atoms with Crippen molar-refractivity contribution in [2.45, 2.75) is 12.5 Å². The van der Waals surface area contributed by atoms with E-state index in [1.807, 2.05) is 30.3 Å². The standard InChI is InChI=1S/C18H18N2O4/c1-22-13-8-9-16(23-2)15(10-13)19-18(21)17-11-14(20-24-17)12-6-4-3-5-7-12/h3-10,17H,11H2,1-2H3,(H,19,21)/t17-/m1/s1. The van der Waals surface area contributed by atoms with Gasteiger partial charge in [0.2, 0.25) is 6.10 Å². The maximum atomic E-state index is 12.5. The molecule has 0 bridgehead atoms. The molecule has 0 radical (unpaired) electrons. The Kier molecular flexibility index (Phi) is 4.65. The number of rotatable bonds is 5. The number of benzene rings is 2. The van der Waals surface area contributed by atoms with Crippen LogP contribution in [0.3, 0.4) is 0 Å².